The van der Waals surface area contributed by atoms with Crippen LogP contribution < -0.4 is 9.47 Å². The molecule has 1 heterocycles. The van der Waals surface area contributed by atoms with Crippen molar-refractivity contribution in [2.24, 2.45) is 4.99 Å². The molecule has 2 rings (SSSR count). The number of ether oxygens (including phenoxy) is 2. The quantitative estimate of drug-likeness (QED) is 0.781. The highest BCUT2D eigenvalue weighted by Crippen LogP contribution is 2.34. The fourth-order valence-electron chi connectivity index (χ4n) is 2.20. The zero-order valence-corrected chi connectivity index (χ0v) is 10.0. The van der Waals surface area contributed by atoms with Crippen molar-refractivity contribution in [3.05, 3.63) is 23.3 Å². The number of fused-ring (bicyclic) bond motifs is 1. The highest BCUT2D eigenvalue weighted by atomic mass is 16.5. The van der Waals surface area contributed by atoms with Gasteiger partial charge in [0.15, 0.2) is 0 Å². The number of methoxy groups -OCH3 is 2. The van der Waals surface area contributed by atoms with E-state index in [1.807, 2.05) is 12.1 Å². The normalized spacial score (nSPS) is 14.1. The Kier molecular flexibility index (Phi) is 3.13. The zero-order chi connectivity index (χ0) is 11.5. The van der Waals surface area contributed by atoms with Gasteiger partial charge in [0.25, 0.3) is 0 Å². The Hall–Kier alpha value is -1.51. The van der Waals surface area contributed by atoms with Gasteiger partial charge in [-0.3, -0.25) is 4.99 Å². The third-order valence-electron chi connectivity index (χ3n) is 2.96. The average molecular weight is 219 g/mol. The largest absolute Gasteiger partial charge is 0.496 e. The van der Waals surface area contributed by atoms with E-state index in [-0.39, 0.29) is 0 Å². The molecule has 0 saturated carbocycles. The third-order valence-corrected chi connectivity index (χ3v) is 2.96. The first-order chi connectivity index (χ1) is 7.81. The first kappa shape index (κ1) is 11.0. The minimum absolute atomic E-state index is 0.847. The molecule has 1 aliphatic heterocycles. The maximum atomic E-state index is 5.41. The smallest absolute Gasteiger partial charge is 0.128 e. The Bertz CT molecular complexity index is 424. The van der Waals surface area contributed by atoms with E-state index >= 15 is 0 Å². The highest BCUT2D eigenvalue weighted by Gasteiger charge is 2.21. The molecule has 0 aromatic heterocycles. The predicted octanol–water partition coefficient (Wildman–Crippen LogP) is 2.46. The summed E-state index contributed by atoms with van der Waals surface area (Å²) in [6.45, 7) is 2.96. The van der Waals surface area contributed by atoms with Crippen molar-refractivity contribution in [2.75, 3.05) is 20.8 Å². The number of benzene rings is 1. The van der Waals surface area contributed by atoms with Crippen molar-refractivity contribution in [3.63, 3.8) is 0 Å². The lowest BCUT2D eigenvalue weighted by molar-refractivity contribution is 0.397. The second-order valence-corrected chi connectivity index (χ2v) is 3.76. The summed E-state index contributed by atoms with van der Waals surface area (Å²) >= 11 is 0. The van der Waals surface area contributed by atoms with E-state index in [1.165, 1.54) is 5.56 Å². The molecule has 0 spiro atoms. The van der Waals surface area contributed by atoms with Crippen LogP contribution >= 0.6 is 0 Å². The van der Waals surface area contributed by atoms with Crippen LogP contribution in [0, 0.1) is 0 Å². The topological polar surface area (TPSA) is 30.8 Å². The number of aliphatic imine (C=N–C) groups is 1. The predicted molar refractivity (Wildman–Crippen MR) is 64.9 cm³/mol. The van der Waals surface area contributed by atoms with E-state index in [0.29, 0.717) is 0 Å². The Labute approximate surface area is 96.1 Å². The van der Waals surface area contributed by atoms with Crippen molar-refractivity contribution < 1.29 is 9.47 Å². The molecular weight excluding hydrogens is 202 g/mol. The molecule has 0 atom stereocenters. The Morgan fingerprint density at radius 2 is 1.88 bits per heavy atom. The van der Waals surface area contributed by atoms with Crippen LogP contribution in [0.1, 0.15) is 24.5 Å². The Morgan fingerprint density at radius 1 is 1.19 bits per heavy atom. The number of hydrogen-bond acceptors (Lipinski definition) is 3. The first-order valence-electron chi connectivity index (χ1n) is 5.59. The van der Waals surface area contributed by atoms with Gasteiger partial charge in [0.1, 0.15) is 11.5 Å². The van der Waals surface area contributed by atoms with Crippen molar-refractivity contribution in [3.8, 4) is 11.5 Å². The van der Waals surface area contributed by atoms with E-state index in [0.717, 1.165) is 42.2 Å². The standard InChI is InChI=1S/C13H17NO2/c1-4-10-13-9(7-8-14-10)11(15-2)5-6-12(13)16-3/h5-6H,4,7-8H2,1-3H3. The third kappa shape index (κ3) is 1.66. The molecule has 3 heteroatoms. The lowest BCUT2D eigenvalue weighted by atomic mass is 9.94. The van der Waals surface area contributed by atoms with Crippen LogP contribution in [0.25, 0.3) is 0 Å². The van der Waals surface area contributed by atoms with Gasteiger partial charge >= 0.3 is 0 Å². The number of nitrogens with zero attached hydrogens (tertiary/aromatic N) is 1. The maximum Gasteiger partial charge on any atom is 0.128 e. The fourth-order valence-corrected chi connectivity index (χ4v) is 2.20. The van der Waals surface area contributed by atoms with Gasteiger partial charge in [0.2, 0.25) is 0 Å². The van der Waals surface area contributed by atoms with Crippen LogP contribution in [-0.4, -0.2) is 26.5 Å². The molecule has 0 saturated heterocycles. The lowest BCUT2D eigenvalue weighted by Gasteiger charge is -2.21. The molecule has 0 radical (unpaired) electrons. The minimum atomic E-state index is 0.847. The maximum absolute atomic E-state index is 5.41. The molecule has 0 amide bonds. The van der Waals surface area contributed by atoms with Crippen LogP contribution in [0.2, 0.25) is 0 Å². The molecule has 16 heavy (non-hydrogen) atoms. The van der Waals surface area contributed by atoms with E-state index in [9.17, 15) is 0 Å². The van der Waals surface area contributed by atoms with Crippen molar-refractivity contribution in [1.29, 1.82) is 0 Å². The van der Waals surface area contributed by atoms with Gasteiger partial charge in [-0.05, 0) is 25.0 Å². The molecule has 0 aliphatic carbocycles. The molecular formula is C13H17NO2. The first-order valence-corrected chi connectivity index (χ1v) is 5.59. The van der Waals surface area contributed by atoms with Gasteiger partial charge < -0.3 is 9.47 Å². The van der Waals surface area contributed by atoms with E-state index < -0.39 is 0 Å². The number of hydrogen-bond donors (Lipinski definition) is 0. The fraction of sp³-hybridized carbons (Fsp3) is 0.462. The molecule has 3 nitrogen and oxygen atoms in total. The van der Waals surface area contributed by atoms with E-state index in [4.69, 9.17) is 9.47 Å². The van der Waals surface area contributed by atoms with Crippen LogP contribution in [0.5, 0.6) is 11.5 Å². The summed E-state index contributed by atoms with van der Waals surface area (Å²) in [6, 6.07) is 3.92. The molecule has 0 fully saturated rings. The van der Waals surface area contributed by atoms with Gasteiger partial charge in [-0.1, -0.05) is 6.92 Å². The molecule has 86 valence electrons. The summed E-state index contributed by atoms with van der Waals surface area (Å²) in [5.74, 6) is 1.84. The summed E-state index contributed by atoms with van der Waals surface area (Å²) < 4.78 is 10.8. The van der Waals surface area contributed by atoms with Crippen molar-refractivity contribution in [2.45, 2.75) is 19.8 Å². The molecule has 1 aliphatic rings. The summed E-state index contributed by atoms with van der Waals surface area (Å²) in [4.78, 5) is 4.55. The highest BCUT2D eigenvalue weighted by molar-refractivity contribution is 6.05. The van der Waals surface area contributed by atoms with E-state index in [2.05, 4.69) is 11.9 Å². The summed E-state index contributed by atoms with van der Waals surface area (Å²) in [5.41, 5.74) is 3.49. The minimum Gasteiger partial charge on any atom is -0.496 e. The van der Waals surface area contributed by atoms with Crippen LogP contribution in [0.3, 0.4) is 0 Å². The van der Waals surface area contributed by atoms with Gasteiger partial charge in [-0.25, -0.2) is 0 Å². The summed E-state index contributed by atoms with van der Waals surface area (Å²) in [6.07, 6.45) is 1.86. The van der Waals surface area contributed by atoms with Gasteiger partial charge in [0.05, 0.1) is 14.2 Å². The monoisotopic (exact) mass is 219 g/mol. The van der Waals surface area contributed by atoms with E-state index in [1.54, 1.807) is 14.2 Å². The molecule has 0 N–H and O–H groups in total. The second-order valence-electron chi connectivity index (χ2n) is 3.76. The Balaban J connectivity index is 2.62. The van der Waals surface area contributed by atoms with Crippen molar-refractivity contribution >= 4 is 5.71 Å². The molecule has 1 aromatic rings. The zero-order valence-electron chi connectivity index (χ0n) is 10.0. The summed E-state index contributed by atoms with van der Waals surface area (Å²) in [5, 5.41) is 0. The van der Waals surface area contributed by atoms with Gasteiger partial charge in [0, 0.05) is 23.4 Å². The van der Waals surface area contributed by atoms with Gasteiger partial charge in [-0.2, -0.15) is 0 Å². The van der Waals surface area contributed by atoms with Crippen LogP contribution in [-0.2, 0) is 6.42 Å². The second kappa shape index (κ2) is 4.56. The molecule has 0 unspecified atom stereocenters. The lowest BCUT2D eigenvalue weighted by Crippen LogP contribution is -2.14. The molecule has 0 bridgehead atoms. The Morgan fingerprint density at radius 3 is 2.50 bits per heavy atom. The summed E-state index contributed by atoms with van der Waals surface area (Å²) in [7, 11) is 3.41. The SMILES string of the molecule is CCC1=NCCc2c(OC)ccc(OC)c21. The van der Waals surface area contributed by atoms with Crippen molar-refractivity contribution in [1.82, 2.24) is 0 Å². The van der Waals surface area contributed by atoms with Gasteiger partial charge in [-0.15, -0.1) is 0 Å². The van der Waals surface area contributed by atoms with Crippen LogP contribution in [0.4, 0.5) is 0 Å². The number of rotatable bonds is 3. The molecule has 1 aromatic carbocycles. The van der Waals surface area contributed by atoms with Crippen LogP contribution in [0.15, 0.2) is 17.1 Å². The average Bonchev–Trinajstić information content (AvgIpc) is 2.36.